The fraction of sp³-hybridized carbons (Fsp3) is 0.385. The van der Waals surface area contributed by atoms with Crippen LogP contribution >= 0.6 is 0 Å². The van der Waals surface area contributed by atoms with Gasteiger partial charge in [-0.25, -0.2) is 0 Å². The number of fused-ring (bicyclic) bond motifs is 1. The van der Waals surface area contributed by atoms with Gasteiger partial charge in [0.25, 0.3) is 0 Å². The Hall–Kier alpha value is -1.04. The molecule has 0 aromatic heterocycles. The van der Waals surface area contributed by atoms with Gasteiger partial charge in [0.15, 0.2) is 0 Å². The minimum Gasteiger partial charge on any atom is -0.0952 e. The van der Waals surface area contributed by atoms with Gasteiger partial charge in [-0.1, -0.05) is 37.8 Å². The van der Waals surface area contributed by atoms with E-state index in [0.29, 0.717) is 11.8 Å². The predicted molar refractivity (Wildman–Crippen MR) is 57.4 cm³/mol. The molecule has 0 nitrogen and oxygen atoms in total. The van der Waals surface area contributed by atoms with E-state index in [1.807, 2.05) is 0 Å². The van der Waals surface area contributed by atoms with E-state index in [9.17, 15) is 0 Å². The normalized spacial score (nSPS) is 32.3. The maximum absolute atomic E-state index is 4.14. The summed E-state index contributed by atoms with van der Waals surface area (Å²) in [5, 5.41) is 0. The van der Waals surface area contributed by atoms with Crippen LogP contribution in [0.15, 0.2) is 47.6 Å². The van der Waals surface area contributed by atoms with Gasteiger partial charge in [-0.3, -0.25) is 0 Å². The molecule has 1 unspecified atom stereocenters. The number of hydrogen-bond acceptors (Lipinski definition) is 0. The zero-order valence-corrected chi connectivity index (χ0v) is 8.38. The molecule has 0 spiro atoms. The number of allylic oxidation sites excluding steroid dienone is 7. The van der Waals surface area contributed by atoms with Gasteiger partial charge in [0.05, 0.1) is 0 Å². The summed E-state index contributed by atoms with van der Waals surface area (Å²) >= 11 is 0. The molecule has 2 rings (SSSR count). The SMILES string of the molecule is C=C1CC=C[C@@H]2C1=C(C)C=CC2C. The van der Waals surface area contributed by atoms with Crippen molar-refractivity contribution in [2.75, 3.05) is 0 Å². The topological polar surface area (TPSA) is 0 Å². The molecule has 0 aromatic carbocycles. The summed E-state index contributed by atoms with van der Waals surface area (Å²) in [7, 11) is 0. The Labute approximate surface area is 80.3 Å². The maximum Gasteiger partial charge on any atom is 0.00836 e. The smallest absolute Gasteiger partial charge is 0.00836 e. The lowest BCUT2D eigenvalue weighted by Crippen LogP contribution is -2.18. The molecule has 0 N–H and O–H groups in total. The van der Waals surface area contributed by atoms with Crippen LogP contribution in [-0.2, 0) is 0 Å². The quantitative estimate of drug-likeness (QED) is 0.489. The van der Waals surface area contributed by atoms with Crippen molar-refractivity contribution in [3.63, 3.8) is 0 Å². The van der Waals surface area contributed by atoms with Crippen LogP contribution in [0.1, 0.15) is 20.3 Å². The Morgan fingerprint density at radius 3 is 2.85 bits per heavy atom. The Bertz CT molecular complexity index is 326. The average molecular weight is 172 g/mol. The molecule has 2 aliphatic carbocycles. The second-order valence-corrected chi connectivity index (χ2v) is 4.08. The van der Waals surface area contributed by atoms with Crippen LogP contribution in [0.25, 0.3) is 0 Å². The van der Waals surface area contributed by atoms with Crippen LogP contribution in [0.4, 0.5) is 0 Å². The maximum atomic E-state index is 4.14. The highest BCUT2D eigenvalue weighted by atomic mass is 14.3. The highest BCUT2D eigenvalue weighted by Gasteiger charge is 2.25. The van der Waals surface area contributed by atoms with Crippen LogP contribution in [0.3, 0.4) is 0 Å². The molecule has 0 heterocycles. The van der Waals surface area contributed by atoms with Crippen molar-refractivity contribution in [1.29, 1.82) is 0 Å². The van der Waals surface area contributed by atoms with Crippen LogP contribution in [0.5, 0.6) is 0 Å². The Morgan fingerprint density at radius 1 is 1.38 bits per heavy atom. The lowest BCUT2D eigenvalue weighted by molar-refractivity contribution is 0.564. The lowest BCUT2D eigenvalue weighted by Gasteiger charge is -2.30. The first-order valence-corrected chi connectivity index (χ1v) is 4.94. The first kappa shape index (κ1) is 8.55. The minimum absolute atomic E-state index is 0.589. The van der Waals surface area contributed by atoms with Crippen molar-refractivity contribution < 1.29 is 0 Å². The Kier molecular flexibility index (Phi) is 1.99. The van der Waals surface area contributed by atoms with Crippen LogP contribution in [0, 0.1) is 11.8 Å². The summed E-state index contributed by atoms with van der Waals surface area (Å²) in [6.45, 7) is 8.60. The van der Waals surface area contributed by atoms with Gasteiger partial charge in [0.1, 0.15) is 0 Å². The van der Waals surface area contributed by atoms with Crippen LogP contribution in [0.2, 0.25) is 0 Å². The zero-order chi connectivity index (χ0) is 9.42. The van der Waals surface area contributed by atoms with Gasteiger partial charge in [0, 0.05) is 5.92 Å². The fourth-order valence-electron chi connectivity index (χ4n) is 2.28. The molecule has 0 saturated carbocycles. The van der Waals surface area contributed by atoms with Crippen molar-refractivity contribution in [3.05, 3.63) is 47.6 Å². The molecule has 0 heteroatoms. The molecule has 0 fully saturated rings. The van der Waals surface area contributed by atoms with E-state index in [4.69, 9.17) is 0 Å². The van der Waals surface area contributed by atoms with Crippen molar-refractivity contribution in [1.82, 2.24) is 0 Å². The molecule has 0 saturated heterocycles. The Morgan fingerprint density at radius 2 is 2.15 bits per heavy atom. The van der Waals surface area contributed by atoms with Gasteiger partial charge < -0.3 is 0 Å². The van der Waals surface area contributed by atoms with E-state index in [2.05, 4.69) is 44.7 Å². The molecule has 2 aliphatic rings. The lowest BCUT2D eigenvalue weighted by atomic mass is 9.74. The largest absolute Gasteiger partial charge is 0.0952 e. The van der Waals surface area contributed by atoms with E-state index >= 15 is 0 Å². The molecule has 0 aliphatic heterocycles. The molecule has 68 valence electrons. The van der Waals surface area contributed by atoms with Crippen LogP contribution in [-0.4, -0.2) is 0 Å². The third-order valence-electron chi connectivity index (χ3n) is 3.06. The molecular formula is C13H16. The van der Waals surface area contributed by atoms with Gasteiger partial charge in [0.2, 0.25) is 0 Å². The highest BCUT2D eigenvalue weighted by molar-refractivity contribution is 5.47. The van der Waals surface area contributed by atoms with Gasteiger partial charge >= 0.3 is 0 Å². The van der Waals surface area contributed by atoms with E-state index in [-0.39, 0.29) is 0 Å². The third-order valence-corrected chi connectivity index (χ3v) is 3.06. The minimum atomic E-state index is 0.589. The van der Waals surface area contributed by atoms with E-state index < -0.39 is 0 Å². The molecular weight excluding hydrogens is 156 g/mol. The number of rotatable bonds is 0. The fourth-order valence-corrected chi connectivity index (χ4v) is 2.28. The van der Waals surface area contributed by atoms with E-state index in [1.165, 1.54) is 16.7 Å². The summed E-state index contributed by atoms with van der Waals surface area (Å²) < 4.78 is 0. The third kappa shape index (κ3) is 1.31. The first-order chi connectivity index (χ1) is 6.20. The van der Waals surface area contributed by atoms with Crippen molar-refractivity contribution >= 4 is 0 Å². The molecule has 0 aromatic rings. The number of hydrogen-bond donors (Lipinski definition) is 0. The zero-order valence-electron chi connectivity index (χ0n) is 8.38. The summed E-state index contributed by atoms with van der Waals surface area (Å²) in [6.07, 6.45) is 10.2. The van der Waals surface area contributed by atoms with Crippen molar-refractivity contribution in [2.45, 2.75) is 20.3 Å². The van der Waals surface area contributed by atoms with E-state index in [0.717, 1.165) is 6.42 Å². The van der Waals surface area contributed by atoms with Gasteiger partial charge in [-0.2, -0.15) is 0 Å². The summed E-state index contributed by atoms with van der Waals surface area (Å²) in [5.74, 6) is 1.22. The molecule has 2 atom stereocenters. The van der Waals surface area contributed by atoms with Gasteiger partial charge in [-0.05, 0) is 36.0 Å². The highest BCUT2D eigenvalue weighted by Crippen LogP contribution is 2.38. The van der Waals surface area contributed by atoms with Gasteiger partial charge in [-0.15, -0.1) is 0 Å². The van der Waals surface area contributed by atoms with Crippen LogP contribution < -0.4 is 0 Å². The monoisotopic (exact) mass is 172 g/mol. The average Bonchev–Trinajstić information content (AvgIpc) is 2.12. The molecule has 13 heavy (non-hydrogen) atoms. The summed E-state index contributed by atoms with van der Waals surface area (Å²) in [5.41, 5.74) is 4.19. The van der Waals surface area contributed by atoms with Crippen molar-refractivity contribution in [2.24, 2.45) is 11.8 Å². The first-order valence-electron chi connectivity index (χ1n) is 4.94. The summed E-state index contributed by atoms with van der Waals surface area (Å²) in [6, 6.07) is 0. The standard InChI is InChI=1S/C13H16/c1-9-7-8-11(3)13-10(2)5-4-6-12(9)13/h4,6-9,12H,2,5H2,1,3H3/t9?,12-/m0/s1. The van der Waals surface area contributed by atoms with Crippen molar-refractivity contribution in [3.8, 4) is 0 Å². The molecule has 0 bridgehead atoms. The second-order valence-electron chi connectivity index (χ2n) is 4.08. The predicted octanol–water partition coefficient (Wildman–Crippen LogP) is 3.64. The molecule has 0 radical (unpaired) electrons. The second kappa shape index (κ2) is 3.02. The molecule has 0 amide bonds. The van der Waals surface area contributed by atoms with E-state index in [1.54, 1.807) is 0 Å². The Balaban J connectivity index is 2.49. The summed E-state index contributed by atoms with van der Waals surface area (Å²) in [4.78, 5) is 0.